The van der Waals surface area contributed by atoms with Crippen LogP contribution in [-0.2, 0) is 14.4 Å². The summed E-state index contributed by atoms with van der Waals surface area (Å²) < 4.78 is 0. The molecule has 1 saturated heterocycles. The monoisotopic (exact) mass is 206 g/mol. The SMILES string of the molecule is NC(=O)C1CCCN1.O=CO.O=CO. The summed E-state index contributed by atoms with van der Waals surface area (Å²) in [6, 6.07) is -0.0463. The third-order valence-corrected chi connectivity index (χ3v) is 1.40. The van der Waals surface area contributed by atoms with Gasteiger partial charge in [-0.1, -0.05) is 0 Å². The summed E-state index contributed by atoms with van der Waals surface area (Å²) in [5, 5.41) is 16.8. The molecule has 0 aromatic heterocycles. The Morgan fingerprint density at radius 2 is 1.79 bits per heavy atom. The van der Waals surface area contributed by atoms with Crippen molar-refractivity contribution in [3.63, 3.8) is 0 Å². The molecule has 0 saturated carbocycles. The number of nitrogens with two attached hydrogens (primary N) is 1. The summed E-state index contributed by atoms with van der Waals surface area (Å²) in [6.07, 6.45) is 1.99. The van der Waals surface area contributed by atoms with Gasteiger partial charge in [0.25, 0.3) is 12.9 Å². The van der Waals surface area contributed by atoms with Crippen molar-refractivity contribution >= 4 is 18.9 Å². The second kappa shape index (κ2) is 11.4. The Balaban J connectivity index is 0. The molecule has 82 valence electrons. The van der Waals surface area contributed by atoms with Crippen molar-refractivity contribution < 1.29 is 24.6 Å². The van der Waals surface area contributed by atoms with Crippen LogP contribution >= 0.6 is 0 Å². The number of amides is 1. The van der Waals surface area contributed by atoms with E-state index in [9.17, 15) is 4.79 Å². The molecule has 1 unspecified atom stereocenters. The zero-order valence-corrected chi connectivity index (χ0v) is 7.55. The number of hydrogen-bond acceptors (Lipinski definition) is 4. The first kappa shape index (κ1) is 14.9. The van der Waals surface area contributed by atoms with Gasteiger partial charge in [-0.3, -0.25) is 14.4 Å². The molecule has 1 fully saturated rings. The molecule has 7 heteroatoms. The van der Waals surface area contributed by atoms with Gasteiger partial charge >= 0.3 is 0 Å². The quantitative estimate of drug-likeness (QED) is 0.391. The largest absolute Gasteiger partial charge is 0.483 e. The molecule has 1 atom stereocenters. The lowest BCUT2D eigenvalue weighted by atomic mass is 10.2. The van der Waals surface area contributed by atoms with Crippen molar-refractivity contribution in [2.24, 2.45) is 5.73 Å². The van der Waals surface area contributed by atoms with Crippen LogP contribution in [0.3, 0.4) is 0 Å². The Bertz CT molecular complexity index is 161. The first-order valence-corrected chi connectivity index (χ1v) is 3.82. The van der Waals surface area contributed by atoms with Crippen LogP contribution in [0.15, 0.2) is 0 Å². The number of hydrogen-bond donors (Lipinski definition) is 4. The van der Waals surface area contributed by atoms with E-state index < -0.39 is 0 Å². The highest BCUT2D eigenvalue weighted by Gasteiger charge is 2.18. The lowest BCUT2D eigenvalue weighted by Crippen LogP contribution is -2.36. The van der Waals surface area contributed by atoms with Gasteiger partial charge in [-0.25, -0.2) is 0 Å². The van der Waals surface area contributed by atoms with Gasteiger partial charge in [0.05, 0.1) is 6.04 Å². The van der Waals surface area contributed by atoms with Gasteiger partial charge in [0, 0.05) is 0 Å². The average Bonchev–Trinajstić information content (AvgIpc) is 2.58. The molecule has 0 spiro atoms. The number of nitrogens with one attached hydrogen (secondary N) is 1. The Labute approximate surface area is 80.9 Å². The summed E-state index contributed by atoms with van der Waals surface area (Å²) in [5.41, 5.74) is 5.00. The number of carboxylic acid groups (broad SMARTS) is 2. The Morgan fingerprint density at radius 3 is 1.93 bits per heavy atom. The topological polar surface area (TPSA) is 130 Å². The zero-order chi connectivity index (χ0) is 11.4. The third kappa shape index (κ3) is 10.4. The first-order valence-electron chi connectivity index (χ1n) is 3.82. The van der Waals surface area contributed by atoms with E-state index in [4.69, 9.17) is 25.5 Å². The van der Waals surface area contributed by atoms with E-state index in [0.29, 0.717) is 0 Å². The van der Waals surface area contributed by atoms with Crippen LogP contribution in [-0.4, -0.2) is 41.7 Å². The molecule has 1 aliphatic rings. The number of carbonyl (C=O) groups is 3. The van der Waals surface area contributed by atoms with Crippen molar-refractivity contribution in [2.45, 2.75) is 18.9 Å². The van der Waals surface area contributed by atoms with Gasteiger partial charge in [-0.2, -0.15) is 0 Å². The summed E-state index contributed by atoms with van der Waals surface area (Å²) in [7, 11) is 0. The molecule has 0 bridgehead atoms. The summed E-state index contributed by atoms with van der Waals surface area (Å²) >= 11 is 0. The minimum Gasteiger partial charge on any atom is -0.483 e. The zero-order valence-electron chi connectivity index (χ0n) is 7.55. The minimum absolute atomic E-state index is 0.0463. The van der Waals surface area contributed by atoms with E-state index in [2.05, 4.69) is 5.32 Å². The van der Waals surface area contributed by atoms with E-state index in [1.807, 2.05) is 0 Å². The van der Waals surface area contributed by atoms with Gasteiger partial charge in [0.1, 0.15) is 0 Å². The molecule has 0 radical (unpaired) electrons. The Morgan fingerprint density at radius 1 is 1.36 bits per heavy atom. The normalized spacial score (nSPS) is 17.9. The van der Waals surface area contributed by atoms with Gasteiger partial charge in [-0.05, 0) is 19.4 Å². The van der Waals surface area contributed by atoms with Crippen LogP contribution in [0.1, 0.15) is 12.8 Å². The predicted molar refractivity (Wildman–Crippen MR) is 47.6 cm³/mol. The van der Waals surface area contributed by atoms with Crippen molar-refractivity contribution in [1.82, 2.24) is 5.32 Å². The third-order valence-electron chi connectivity index (χ3n) is 1.40. The summed E-state index contributed by atoms with van der Waals surface area (Å²) in [6.45, 7) is 0.438. The first-order chi connectivity index (χ1) is 6.63. The minimum atomic E-state index is -0.250. The fraction of sp³-hybridized carbons (Fsp3) is 0.571. The van der Waals surface area contributed by atoms with Crippen molar-refractivity contribution in [3.05, 3.63) is 0 Å². The standard InChI is InChI=1S/C5H10N2O.2CH2O2/c6-5(8)4-2-1-3-7-4;2*2-1-3/h4,7H,1-3H2,(H2,6,8);2*1H,(H,2,3). The van der Waals surface area contributed by atoms with Crippen LogP contribution in [0.25, 0.3) is 0 Å². The molecule has 5 N–H and O–H groups in total. The molecule has 0 aliphatic carbocycles. The Hall–Kier alpha value is -1.63. The van der Waals surface area contributed by atoms with Gasteiger partial charge in [-0.15, -0.1) is 0 Å². The van der Waals surface area contributed by atoms with E-state index in [1.54, 1.807) is 0 Å². The number of rotatable bonds is 1. The molecule has 1 amide bonds. The Kier molecular flexibility index (Phi) is 12.1. The molecule has 14 heavy (non-hydrogen) atoms. The fourth-order valence-corrected chi connectivity index (χ4v) is 0.927. The van der Waals surface area contributed by atoms with Gasteiger partial charge in [0.15, 0.2) is 0 Å². The molecule has 0 aromatic carbocycles. The maximum atomic E-state index is 10.4. The number of primary amides is 1. The van der Waals surface area contributed by atoms with Crippen molar-refractivity contribution in [1.29, 1.82) is 0 Å². The van der Waals surface area contributed by atoms with Gasteiger partial charge in [0.2, 0.25) is 5.91 Å². The smallest absolute Gasteiger partial charge is 0.290 e. The highest BCUT2D eigenvalue weighted by molar-refractivity contribution is 5.80. The molecular formula is C7H14N2O5. The lowest BCUT2D eigenvalue weighted by molar-refractivity contribution is -0.123. The molecule has 1 aliphatic heterocycles. The fourth-order valence-electron chi connectivity index (χ4n) is 0.927. The summed E-state index contributed by atoms with van der Waals surface area (Å²) in [5.74, 6) is -0.220. The second-order valence-corrected chi connectivity index (χ2v) is 2.26. The lowest BCUT2D eigenvalue weighted by Gasteiger charge is -2.01. The van der Waals surface area contributed by atoms with Crippen LogP contribution in [0, 0.1) is 0 Å². The molecule has 1 rings (SSSR count). The number of carbonyl (C=O) groups excluding carboxylic acids is 1. The van der Waals surface area contributed by atoms with Crippen molar-refractivity contribution in [3.8, 4) is 0 Å². The molecule has 0 aromatic rings. The maximum absolute atomic E-state index is 10.4. The molecule has 1 heterocycles. The van der Waals surface area contributed by atoms with Gasteiger partial charge < -0.3 is 21.3 Å². The molecule has 7 nitrogen and oxygen atoms in total. The summed E-state index contributed by atoms with van der Waals surface area (Å²) in [4.78, 5) is 27.1. The van der Waals surface area contributed by atoms with Crippen LogP contribution in [0.2, 0.25) is 0 Å². The van der Waals surface area contributed by atoms with E-state index in [1.165, 1.54) is 0 Å². The van der Waals surface area contributed by atoms with E-state index in [-0.39, 0.29) is 24.9 Å². The van der Waals surface area contributed by atoms with Crippen molar-refractivity contribution in [2.75, 3.05) is 6.54 Å². The van der Waals surface area contributed by atoms with Crippen LogP contribution in [0.5, 0.6) is 0 Å². The highest BCUT2D eigenvalue weighted by Crippen LogP contribution is 2.02. The van der Waals surface area contributed by atoms with Crippen LogP contribution < -0.4 is 11.1 Å². The maximum Gasteiger partial charge on any atom is 0.290 e. The average molecular weight is 206 g/mol. The molecular weight excluding hydrogens is 192 g/mol. The van der Waals surface area contributed by atoms with Crippen LogP contribution in [0.4, 0.5) is 0 Å². The van der Waals surface area contributed by atoms with E-state index in [0.717, 1.165) is 19.4 Å². The second-order valence-electron chi connectivity index (χ2n) is 2.26. The highest BCUT2D eigenvalue weighted by atomic mass is 16.3. The predicted octanol–water partition coefficient (Wildman–Crippen LogP) is -1.37. The van der Waals surface area contributed by atoms with E-state index >= 15 is 0 Å².